The molecule has 0 radical (unpaired) electrons. The average molecular weight is 370 g/mol. The van der Waals surface area contributed by atoms with E-state index in [0.29, 0.717) is 17.0 Å². The maximum absolute atomic E-state index is 12.0. The lowest BCUT2D eigenvalue weighted by molar-refractivity contribution is -0.481. The molecule has 1 rings (SSSR count). The zero-order valence-electron chi connectivity index (χ0n) is 14.1. The Morgan fingerprint density at radius 3 is 2.44 bits per heavy atom. The van der Waals surface area contributed by atoms with Crippen LogP contribution in [0, 0.1) is 10.1 Å². The number of esters is 2. The number of nitro groups is 1. The first-order valence-corrected chi connectivity index (χ1v) is 8.22. The van der Waals surface area contributed by atoms with Crippen molar-refractivity contribution in [2.24, 2.45) is 0 Å². The minimum atomic E-state index is -0.839. The molecule has 0 heterocycles. The first-order valence-electron chi connectivity index (χ1n) is 7.84. The highest BCUT2D eigenvalue weighted by Gasteiger charge is 2.23. The molecular weight excluding hydrogens is 350 g/mol. The summed E-state index contributed by atoms with van der Waals surface area (Å²) in [6, 6.07) is 6.41. The normalized spacial score (nSPS) is 12.4. The lowest BCUT2D eigenvalue weighted by Gasteiger charge is -2.13. The lowest BCUT2D eigenvalue weighted by Crippen LogP contribution is -2.18. The van der Waals surface area contributed by atoms with E-state index in [1.807, 2.05) is 0 Å². The molecule has 1 aromatic carbocycles. The van der Waals surface area contributed by atoms with Crippen molar-refractivity contribution in [1.29, 1.82) is 0 Å². The third-order valence-corrected chi connectivity index (χ3v) is 3.40. The Hall–Kier alpha value is -2.41. The molecule has 0 unspecified atom stereocenters. The van der Waals surface area contributed by atoms with Crippen LogP contribution >= 0.6 is 11.6 Å². The van der Waals surface area contributed by atoms with Crippen LogP contribution in [0.3, 0.4) is 0 Å². The molecule has 0 fully saturated rings. The van der Waals surface area contributed by atoms with E-state index < -0.39 is 29.3 Å². The number of hydrogen-bond donors (Lipinski definition) is 0. The van der Waals surface area contributed by atoms with Gasteiger partial charge in [0.1, 0.15) is 0 Å². The Balaban J connectivity index is 3.19. The van der Waals surface area contributed by atoms with Gasteiger partial charge in [-0.3, -0.25) is 14.9 Å². The number of carbonyl (C=O) groups is 2. The molecule has 0 amide bonds. The molecule has 7 nitrogen and oxygen atoms in total. The monoisotopic (exact) mass is 369 g/mol. The van der Waals surface area contributed by atoms with Crippen LogP contribution in [-0.4, -0.2) is 30.0 Å². The molecule has 25 heavy (non-hydrogen) atoms. The van der Waals surface area contributed by atoms with Gasteiger partial charge < -0.3 is 9.47 Å². The molecule has 0 aromatic heterocycles. The van der Waals surface area contributed by atoms with Crippen LogP contribution in [0.1, 0.15) is 38.2 Å². The molecule has 1 atom stereocenters. The average Bonchev–Trinajstić information content (AvgIpc) is 2.54. The quantitative estimate of drug-likeness (QED) is 0.217. The number of nitrogens with zero attached hydrogens (tertiary/aromatic N) is 1. The fraction of sp³-hybridized carbons (Fsp3) is 0.412. The van der Waals surface area contributed by atoms with Gasteiger partial charge in [0.05, 0.1) is 12.5 Å². The van der Waals surface area contributed by atoms with Crippen molar-refractivity contribution in [2.45, 2.75) is 32.6 Å². The van der Waals surface area contributed by atoms with Crippen molar-refractivity contribution in [3.63, 3.8) is 0 Å². The van der Waals surface area contributed by atoms with Gasteiger partial charge in [-0.1, -0.05) is 30.7 Å². The zero-order chi connectivity index (χ0) is 18.8. The predicted molar refractivity (Wildman–Crippen MR) is 91.8 cm³/mol. The molecule has 0 aliphatic heterocycles. The Morgan fingerprint density at radius 2 is 1.92 bits per heavy atom. The molecule has 1 aromatic rings. The number of carbonyl (C=O) groups excluding carboxylic acids is 2. The van der Waals surface area contributed by atoms with E-state index in [1.54, 1.807) is 38.1 Å². The summed E-state index contributed by atoms with van der Waals surface area (Å²) in [6.45, 7) is 3.01. The summed E-state index contributed by atoms with van der Waals surface area (Å²) < 4.78 is 9.93. The van der Waals surface area contributed by atoms with Crippen LogP contribution in [0.25, 0.3) is 0 Å². The Morgan fingerprint density at radius 1 is 1.28 bits per heavy atom. The molecule has 0 saturated heterocycles. The predicted octanol–water partition coefficient (Wildman–Crippen LogP) is 3.49. The van der Waals surface area contributed by atoms with Gasteiger partial charge in [-0.15, -0.1) is 0 Å². The number of benzene rings is 1. The summed E-state index contributed by atoms with van der Waals surface area (Å²) in [5.74, 6) is -2.56. The molecule has 0 aliphatic rings. The second kappa shape index (κ2) is 10.5. The Kier molecular flexibility index (Phi) is 8.63. The van der Waals surface area contributed by atoms with Crippen LogP contribution in [0.2, 0.25) is 5.02 Å². The van der Waals surface area contributed by atoms with E-state index in [-0.39, 0.29) is 18.8 Å². The minimum absolute atomic E-state index is 0.0857. The van der Waals surface area contributed by atoms with Crippen molar-refractivity contribution in [2.75, 3.05) is 13.2 Å². The Bertz CT molecular complexity index is 641. The van der Waals surface area contributed by atoms with Crippen molar-refractivity contribution in [3.8, 4) is 0 Å². The van der Waals surface area contributed by atoms with Gasteiger partial charge in [-0.25, -0.2) is 4.79 Å². The lowest BCUT2D eigenvalue weighted by atomic mass is 9.98. The first-order chi connectivity index (χ1) is 11.9. The minimum Gasteiger partial charge on any atom is -0.460 e. The van der Waals surface area contributed by atoms with Gasteiger partial charge in [-0.2, -0.15) is 0 Å². The highest BCUT2D eigenvalue weighted by molar-refractivity contribution is 6.30. The molecular formula is C17H20ClNO6. The van der Waals surface area contributed by atoms with Crippen LogP contribution in [0.4, 0.5) is 0 Å². The van der Waals surface area contributed by atoms with E-state index in [2.05, 4.69) is 0 Å². The van der Waals surface area contributed by atoms with E-state index >= 15 is 0 Å². The zero-order valence-corrected chi connectivity index (χ0v) is 14.8. The van der Waals surface area contributed by atoms with Crippen LogP contribution in [-0.2, 0) is 19.1 Å². The van der Waals surface area contributed by atoms with Crippen LogP contribution in [0.15, 0.2) is 36.1 Å². The molecule has 136 valence electrons. The Labute approximate surface area is 150 Å². The van der Waals surface area contributed by atoms with Gasteiger partial charge in [0.2, 0.25) is 12.3 Å². The SMILES string of the molecule is CCCC(=O)O/C(=C\[C@@H](C[N+](=O)[O-])c1ccc(Cl)cc1)C(=O)OCC. The number of rotatable bonds is 9. The third kappa shape index (κ3) is 7.34. The van der Waals surface area contributed by atoms with E-state index in [1.165, 1.54) is 6.08 Å². The molecule has 0 saturated carbocycles. The standard InChI is InChI=1S/C17H20ClNO6/c1-3-5-16(20)25-15(17(21)24-4-2)10-13(11-19(22)23)12-6-8-14(18)9-7-12/h6-10,13H,3-5,11H2,1-2H3/b15-10-/t13-/m0/s1. The topological polar surface area (TPSA) is 95.7 Å². The largest absolute Gasteiger partial charge is 0.460 e. The molecule has 0 bridgehead atoms. The summed E-state index contributed by atoms with van der Waals surface area (Å²) in [5, 5.41) is 11.5. The number of hydrogen-bond acceptors (Lipinski definition) is 6. The molecule has 0 N–H and O–H groups in total. The summed E-state index contributed by atoms with van der Waals surface area (Å²) >= 11 is 5.83. The van der Waals surface area contributed by atoms with E-state index in [9.17, 15) is 19.7 Å². The van der Waals surface area contributed by atoms with Gasteiger partial charge in [0, 0.05) is 16.4 Å². The van der Waals surface area contributed by atoms with Gasteiger partial charge >= 0.3 is 11.9 Å². The maximum Gasteiger partial charge on any atom is 0.374 e. The van der Waals surface area contributed by atoms with Crippen molar-refractivity contribution >= 4 is 23.5 Å². The molecule has 0 spiro atoms. The summed E-state index contributed by atoms with van der Waals surface area (Å²) in [4.78, 5) is 34.2. The van der Waals surface area contributed by atoms with Crippen LogP contribution < -0.4 is 0 Å². The summed E-state index contributed by atoms with van der Waals surface area (Å²) in [5.41, 5.74) is 0.564. The van der Waals surface area contributed by atoms with E-state index in [4.69, 9.17) is 21.1 Å². The number of ether oxygens (including phenoxy) is 2. The fourth-order valence-electron chi connectivity index (χ4n) is 2.03. The third-order valence-electron chi connectivity index (χ3n) is 3.15. The van der Waals surface area contributed by atoms with Crippen molar-refractivity contribution in [3.05, 3.63) is 56.8 Å². The van der Waals surface area contributed by atoms with E-state index in [0.717, 1.165) is 0 Å². The highest BCUT2D eigenvalue weighted by atomic mass is 35.5. The first kappa shape index (κ1) is 20.6. The van der Waals surface area contributed by atoms with Gasteiger partial charge in [-0.05, 0) is 37.1 Å². The highest BCUT2D eigenvalue weighted by Crippen LogP contribution is 2.22. The second-order valence-corrected chi connectivity index (χ2v) is 5.59. The maximum atomic E-state index is 12.0. The van der Waals surface area contributed by atoms with Gasteiger partial charge in [0.25, 0.3) is 0 Å². The summed E-state index contributed by atoms with van der Waals surface area (Å²) in [7, 11) is 0. The summed E-state index contributed by atoms with van der Waals surface area (Å²) in [6.07, 6.45) is 1.92. The van der Waals surface area contributed by atoms with Gasteiger partial charge in [0.15, 0.2) is 0 Å². The van der Waals surface area contributed by atoms with Crippen molar-refractivity contribution < 1.29 is 24.0 Å². The van der Waals surface area contributed by atoms with Crippen molar-refractivity contribution in [1.82, 2.24) is 0 Å². The second-order valence-electron chi connectivity index (χ2n) is 5.15. The smallest absolute Gasteiger partial charge is 0.374 e. The number of halogens is 1. The van der Waals surface area contributed by atoms with Crippen LogP contribution in [0.5, 0.6) is 0 Å². The molecule has 8 heteroatoms. The molecule has 0 aliphatic carbocycles. The fourth-order valence-corrected chi connectivity index (χ4v) is 2.16.